The second-order valence-corrected chi connectivity index (χ2v) is 6.44. The Bertz CT molecular complexity index is 888. The first-order chi connectivity index (χ1) is 14.1. The van der Waals surface area contributed by atoms with E-state index in [2.05, 4.69) is 6.92 Å². The van der Waals surface area contributed by atoms with Crippen LogP contribution in [0, 0.1) is 0 Å². The molecule has 3 rings (SSSR count). The van der Waals surface area contributed by atoms with Gasteiger partial charge in [-0.3, -0.25) is 9.59 Å². The number of amides is 2. The number of nitrogens with zero attached hydrogens (tertiary/aromatic N) is 1. The number of benzene rings is 2. The van der Waals surface area contributed by atoms with Crippen LogP contribution in [-0.4, -0.2) is 42.6 Å². The molecule has 2 amide bonds. The van der Waals surface area contributed by atoms with Crippen LogP contribution >= 0.6 is 0 Å². The molecule has 0 radical (unpaired) electrons. The topological polar surface area (TPSA) is 82.1 Å². The second kappa shape index (κ2) is 9.23. The van der Waals surface area contributed by atoms with Crippen LogP contribution in [0.25, 0.3) is 0 Å². The molecule has 0 saturated carbocycles. The third-order valence-corrected chi connectivity index (χ3v) is 4.44. The standard InChI is InChI=1S/C22H23NO6/c1-3-5-12-28-18-11-10-15(13-19(18)27-4-2)22(26)29-14-23-20(24)16-8-6-7-9-17(16)21(23)25/h6-11,13H,3-5,12,14H2,1-2H3. The predicted molar refractivity (Wildman–Crippen MR) is 105 cm³/mol. The van der Waals surface area contributed by atoms with Crippen molar-refractivity contribution in [1.29, 1.82) is 0 Å². The molecule has 0 N–H and O–H groups in total. The van der Waals surface area contributed by atoms with Gasteiger partial charge >= 0.3 is 5.97 Å². The molecule has 0 aromatic heterocycles. The van der Waals surface area contributed by atoms with E-state index in [9.17, 15) is 14.4 Å². The Morgan fingerprint density at radius 2 is 1.62 bits per heavy atom. The number of rotatable bonds is 9. The van der Waals surface area contributed by atoms with Crippen LogP contribution in [-0.2, 0) is 4.74 Å². The summed E-state index contributed by atoms with van der Waals surface area (Å²) in [5.74, 6) is -0.625. The maximum Gasteiger partial charge on any atom is 0.340 e. The van der Waals surface area contributed by atoms with E-state index >= 15 is 0 Å². The Morgan fingerprint density at radius 3 is 2.24 bits per heavy atom. The van der Waals surface area contributed by atoms with Crippen LogP contribution in [0.1, 0.15) is 57.8 Å². The summed E-state index contributed by atoms with van der Waals surface area (Å²) >= 11 is 0. The molecule has 7 heteroatoms. The molecule has 2 aromatic rings. The Balaban J connectivity index is 1.67. The minimum atomic E-state index is -0.664. The Hall–Kier alpha value is -3.35. The fourth-order valence-electron chi connectivity index (χ4n) is 2.91. The molecule has 7 nitrogen and oxygen atoms in total. The average molecular weight is 397 g/mol. The van der Waals surface area contributed by atoms with Gasteiger partial charge in [-0.1, -0.05) is 25.5 Å². The minimum Gasteiger partial charge on any atom is -0.490 e. The van der Waals surface area contributed by atoms with E-state index in [1.165, 1.54) is 6.07 Å². The van der Waals surface area contributed by atoms with E-state index in [0.29, 0.717) is 35.8 Å². The summed E-state index contributed by atoms with van der Waals surface area (Å²) in [4.78, 5) is 38.0. The zero-order valence-electron chi connectivity index (χ0n) is 16.5. The number of carbonyl (C=O) groups excluding carboxylic acids is 3. The quantitative estimate of drug-likeness (QED) is 0.365. The summed E-state index contributed by atoms with van der Waals surface area (Å²) in [6.45, 7) is 4.42. The summed E-state index contributed by atoms with van der Waals surface area (Å²) in [5.41, 5.74) is 0.856. The Kier molecular flexibility index (Phi) is 6.49. The van der Waals surface area contributed by atoms with Crippen LogP contribution in [0.15, 0.2) is 42.5 Å². The lowest BCUT2D eigenvalue weighted by atomic mass is 10.1. The maximum absolute atomic E-state index is 12.4. The van der Waals surface area contributed by atoms with E-state index in [1.807, 2.05) is 6.92 Å². The number of imide groups is 1. The molecule has 0 fully saturated rings. The van der Waals surface area contributed by atoms with E-state index < -0.39 is 24.5 Å². The fraction of sp³-hybridized carbons (Fsp3) is 0.318. The van der Waals surface area contributed by atoms with Crippen molar-refractivity contribution in [2.75, 3.05) is 19.9 Å². The first-order valence-electron chi connectivity index (χ1n) is 9.58. The molecule has 0 aliphatic carbocycles. The molecule has 1 aliphatic heterocycles. The molecule has 0 atom stereocenters. The number of fused-ring (bicyclic) bond motifs is 1. The van der Waals surface area contributed by atoms with E-state index in [-0.39, 0.29) is 5.56 Å². The van der Waals surface area contributed by atoms with Gasteiger partial charge < -0.3 is 14.2 Å². The van der Waals surface area contributed by atoms with Gasteiger partial charge in [-0.05, 0) is 43.7 Å². The molecule has 0 bridgehead atoms. The van der Waals surface area contributed by atoms with Gasteiger partial charge in [-0.2, -0.15) is 0 Å². The normalized spacial score (nSPS) is 12.7. The highest BCUT2D eigenvalue weighted by Crippen LogP contribution is 2.29. The van der Waals surface area contributed by atoms with Crippen molar-refractivity contribution in [1.82, 2.24) is 4.90 Å². The van der Waals surface area contributed by atoms with Crippen LogP contribution in [0.2, 0.25) is 0 Å². The zero-order valence-corrected chi connectivity index (χ0v) is 16.5. The lowest BCUT2D eigenvalue weighted by molar-refractivity contribution is 0.0227. The molecule has 0 unspecified atom stereocenters. The molecule has 0 spiro atoms. The van der Waals surface area contributed by atoms with Gasteiger partial charge in [0, 0.05) is 0 Å². The first-order valence-corrected chi connectivity index (χ1v) is 9.58. The van der Waals surface area contributed by atoms with Crippen molar-refractivity contribution >= 4 is 17.8 Å². The minimum absolute atomic E-state index is 0.243. The van der Waals surface area contributed by atoms with Crippen molar-refractivity contribution < 1.29 is 28.6 Å². The highest BCUT2D eigenvalue weighted by atomic mass is 16.5. The van der Waals surface area contributed by atoms with Crippen molar-refractivity contribution in [2.45, 2.75) is 26.7 Å². The number of ether oxygens (including phenoxy) is 3. The first kappa shape index (κ1) is 20.4. The number of esters is 1. The van der Waals surface area contributed by atoms with Crippen LogP contribution in [0.4, 0.5) is 0 Å². The summed E-state index contributed by atoms with van der Waals surface area (Å²) in [6.07, 6.45) is 1.92. The van der Waals surface area contributed by atoms with E-state index in [0.717, 1.165) is 17.7 Å². The van der Waals surface area contributed by atoms with Gasteiger partial charge in [0.05, 0.1) is 29.9 Å². The van der Waals surface area contributed by atoms with Gasteiger partial charge in [0.2, 0.25) is 0 Å². The summed E-state index contributed by atoms with van der Waals surface area (Å²) < 4.78 is 16.5. The van der Waals surface area contributed by atoms with Gasteiger partial charge in [0.15, 0.2) is 18.2 Å². The number of carbonyl (C=O) groups is 3. The third kappa shape index (κ3) is 4.39. The molecule has 1 aliphatic rings. The van der Waals surface area contributed by atoms with Gasteiger partial charge in [0.25, 0.3) is 11.8 Å². The molecular formula is C22H23NO6. The largest absolute Gasteiger partial charge is 0.490 e. The molecular weight excluding hydrogens is 374 g/mol. The highest BCUT2D eigenvalue weighted by Gasteiger charge is 2.35. The average Bonchev–Trinajstić information content (AvgIpc) is 2.98. The summed E-state index contributed by atoms with van der Waals surface area (Å²) in [5, 5.41) is 0. The van der Waals surface area contributed by atoms with E-state index in [4.69, 9.17) is 14.2 Å². The molecule has 29 heavy (non-hydrogen) atoms. The second-order valence-electron chi connectivity index (χ2n) is 6.44. The number of hydrogen-bond acceptors (Lipinski definition) is 6. The van der Waals surface area contributed by atoms with Crippen LogP contribution < -0.4 is 9.47 Å². The molecule has 0 saturated heterocycles. The smallest absolute Gasteiger partial charge is 0.340 e. The Labute approximate surface area is 169 Å². The Morgan fingerprint density at radius 1 is 0.931 bits per heavy atom. The summed E-state index contributed by atoms with van der Waals surface area (Å²) in [7, 11) is 0. The van der Waals surface area contributed by atoms with Crippen molar-refractivity contribution in [2.24, 2.45) is 0 Å². The molecule has 152 valence electrons. The number of hydrogen-bond donors (Lipinski definition) is 0. The van der Waals surface area contributed by atoms with Gasteiger partial charge in [0.1, 0.15) is 0 Å². The maximum atomic E-state index is 12.4. The van der Waals surface area contributed by atoms with Crippen LogP contribution in [0.3, 0.4) is 0 Å². The summed E-state index contributed by atoms with van der Waals surface area (Å²) in [6, 6.07) is 11.3. The van der Waals surface area contributed by atoms with Crippen molar-refractivity contribution in [3.8, 4) is 11.5 Å². The molecule has 1 heterocycles. The fourth-order valence-corrected chi connectivity index (χ4v) is 2.91. The third-order valence-electron chi connectivity index (χ3n) is 4.44. The number of unbranched alkanes of at least 4 members (excludes halogenated alkanes) is 1. The van der Waals surface area contributed by atoms with Crippen molar-refractivity contribution in [3.63, 3.8) is 0 Å². The highest BCUT2D eigenvalue weighted by molar-refractivity contribution is 6.21. The van der Waals surface area contributed by atoms with Crippen LogP contribution in [0.5, 0.6) is 11.5 Å². The zero-order chi connectivity index (χ0) is 20.8. The lowest BCUT2D eigenvalue weighted by Gasteiger charge is -2.15. The monoisotopic (exact) mass is 397 g/mol. The van der Waals surface area contributed by atoms with Gasteiger partial charge in [-0.15, -0.1) is 0 Å². The predicted octanol–water partition coefficient (Wildman–Crippen LogP) is 3.67. The lowest BCUT2D eigenvalue weighted by Crippen LogP contribution is -2.33. The van der Waals surface area contributed by atoms with E-state index in [1.54, 1.807) is 36.4 Å². The molecule has 2 aromatic carbocycles. The SMILES string of the molecule is CCCCOc1ccc(C(=O)OCN2C(=O)c3ccccc3C2=O)cc1OCC. The van der Waals surface area contributed by atoms with Gasteiger partial charge in [-0.25, -0.2) is 9.69 Å². The van der Waals surface area contributed by atoms with Crippen molar-refractivity contribution in [3.05, 3.63) is 59.2 Å².